The second-order valence-corrected chi connectivity index (χ2v) is 6.15. The van der Waals surface area contributed by atoms with E-state index < -0.39 is 16.7 Å². The molecule has 0 bridgehead atoms. The van der Waals surface area contributed by atoms with Crippen molar-refractivity contribution in [3.63, 3.8) is 0 Å². The highest BCUT2D eigenvalue weighted by molar-refractivity contribution is 7.79. The number of hydrogen-bond donors (Lipinski definition) is 1. The van der Waals surface area contributed by atoms with E-state index >= 15 is 0 Å². The van der Waals surface area contributed by atoms with Crippen molar-refractivity contribution in [2.75, 3.05) is 11.2 Å². The minimum absolute atomic E-state index is 0.127. The van der Waals surface area contributed by atoms with Crippen LogP contribution in [0.3, 0.4) is 0 Å². The van der Waals surface area contributed by atoms with Crippen molar-refractivity contribution < 1.29 is 13.2 Å². The Hall–Kier alpha value is -1.72. The second-order valence-electron chi connectivity index (χ2n) is 5.26. The average molecular weight is 306 g/mol. The van der Waals surface area contributed by atoms with Crippen LogP contribution in [-0.4, -0.2) is 14.6 Å². The van der Waals surface area contributed by atoms with Crippen LogP contribution in [0.25, 0.3) is 11.1 Å². The predicted molar refractivity (Wildman–Crippen MR) is 83.4 cm³/mol. The van der Waals surface area contributed by atoms with Crippen LogP contribution in [0, 0.1) is 0 Å². The first-order valence-electron chi connectivity index (χ1n) is 6.56. The van der Waals surface area contributed by atoms with Crippen LogP contribution in [0.4, 0.5) is 10.1 Å². The molecule has 0 radical (unpaired) electrons. The summed E-state index contributed by atoms with van der Waals surface area (Å²) in [7, 11) is 0. The molecule has 0 fully saturated rings. The third-order valence-corrected chi connectivity index (χ3v) is 3.54. The molecule has 0 aromatic heterocycles. The zero-order valence-electron chi connectivity index (χ0n) is 11.9. The summed E-state index contributed by atoms with van der Waals surface area (Å²) >= 11 is -2.13. The third-order valence-electron chi connectivity index (χ3n) is 3.16. The summed E-state index contributed by atoms with van der Waals surface area (Å²) in [4.78, 5) is 0. The Morgan fingerprint density at radius 1 is 1.14 bits per heavy atom. The number of rotatable bonds is 5. The van der Waals surface area contributed by atoms with E-state index in [1.807, 2.05) is 30.3 Å². The first-order valence-corrected chi connectivity index (χ1v) is 7.80. The number of hydrogen-bond acceptors (Lipinski definition) is 3. The molecule has 0 aliphatic carbocycles. The van der Waals surface area contributed by atoms with Crippen molar-refractivity contribution in [1.82, 2.24) is 0 Å². The average Bonchev–Trinajstić information content (AvgIpc) is 2.45. The fourth-order valence-corrected chi connectivity index (χ4v) is 2.29. The molecule has 112 valence electrons. The van der Waals surface area contributed by atoms with E-state index in [-0.39, 0.29) is 5.88 Å². The Bertz CT molecular complexity index is 635. The maximum atomic E-state index is 13.8. The van der Waals surface area contributed by atoms with E-state index in [2.05, 4.69) is 5.32 Å². The highest BCUT2D eigenvalue weighted by Crippen LogP contribution is 2.28. The smallest absolute Gasteiger partial charge is 0.130 e. The lowest BCUT2D eigenvalue weighted by molar-refractivity contribution is 0.221. The molecule has 0 saturated heterocycles. The summed E-state index contributed by atoms with van der Waals surface area (Å²) in [5, 5.41) is 2.82. The van der Waals surface area contributed by atoms with Crippen LogP contribution >= 0.6 is 0 Å². The van der Waals surface area contributed by atoms with Gasteiger partial charge in [0.15, 0.2) is 0 Å². The lowest BCUT2D eigenvalue weighted by Crippen LogP contribution is -2.08. The summed E-state index contributed by atoms with van der Waals surface area (Å²) in [6, 6.07) is 14.7. The van der Waals surface area contributed by atoms with Crippen LogP contribution in [0.1, 0.15) is 19.4 Å². The van der Waals surface area contributed by atoms with Gasteiger partial charge in [0.05, 0.1) is 5.88 Å². The SMILES string of the molecule is CC(C)(F)c1ccc(-c2cccc(NCS(=O)[O-])c2)cc1. The third kappa shape index (κ3) is 4.37. The Morgan fingerprint density at radius 2 is 1.81 bits per heavy atom. The molecule has 1 atom stereocenters. The van der Waals surface area contributed by atoms with Crippen molar-refractivity contribution in [1.29, 1.82) is 0 Å². The van der Waals surface area contributed by atoms with Gasteiger partial charge in [-0.3, -0.25) is 4.21 Å². The van der Waals surface area contributed by atoms with Gasteiger partial charge in [-0.2, -0.15) is 0 Å². The quantitative estimate of drug-likeness (QED) is 0.855. The molecule has 1 unspecified atom stereocenters. The normalized spacial score (nSPS) is 13.0. The van der Waals surface area contributed by atoms with Gasteiger partial charge >= 0.3 is 0 Å². The standard InChI is InChI=1S/C16H18FNO2S/c1-16(2,17)14-8-6-12(7-9-14)13-4-3-5-15(10-13)18-11-21(19)20/h3-10,18H,11H2,1-2H3,(H,19,20)/p-1. The highest BCUT2D eigenvalue weighted by Gasteiger charge is 2.18. The van der Waals surface area contributed by atoms with E-state index in [0.717, 1.165) is 16.8 Å². The van der Waals surface area contributed by atoms with E-state index in [4.69, 9.17) is 0 Å². The molecule has 2 rings (SSSR count). The number of halogens is 1. The van der Waals surface area contributed by atoms with Crippen LogP contribution in [0.2, 0.25) is 0 Å². The zero-order chi connectivity index (χ0) is 15.5. The fourth-order valence-electron chi connectivity index (χ4n) is 2.01. The number of nitrogens with one attached hydrogen (secondary N) is 1. The lowest BCUT2D eigenvalue weighted by atomic mass is 9.97. The molecule has 2 aromatic carbocycles. The Morgan fingerprint density at radius 3 is 2.38 bits per heavy atom. The summed E-state index contributed by atoms with van der Waals surface area (Å²) in [6.07, 6.45) is 0. The van der Waals surface area contributed by atoms with Crippen molar-refractivity contribution in [3.05, 3.63) is 54.1 Å². The molecule has 1 N–H and O–H groups in total. The first kappa shape index (κ1) is 15.7. The molecule has 21 heavy (non-hydrogen) atoms. The molecule has 5 heteroatoms. The van der Waals surface area contributed by atoms with Gasteiger partial charge in [0.25, 0.3) is 0 Å². The van der Waals surface area contributed by atoms with E-state index in [9.17, 15) is 13.2 Å². The predicted octanol–water partition coefficient (Wildman–Crippen LogP) is 3.81. The number of alkyl halides is 1. The Labute approximate surface area is 126 Å². The summed E-state index contributed by atoms with van der Waals surface area (Å²) in [6.45, 7) is 3.05. The minimum Gasteiger partial charge on any atom is -0.771 e. The monoisotopic (exact) mass is 306 g/mol. The molecule has 0 spiro atoms. The van der Waals surface area contributed by atoms with E-state index in [1.165, 1.54) is 13.8 Å². The van der Waals surface area contributed by atoms with Crippen LogP contribution in [0.15, 0.2) is 48.5 Å². The number of anilines is 1. The maximum absolute atomic E-state index is 13.8. The Balaban J connectivity index is 2.22. The largest absolute Gasteiger partial charge is 0.771 e. The Kier molecular flexibility index (Phi) is 4.75. The minimum atomic E-state index is -2.13. The van der Waals surface area contributed by atoms with Gasteiger partial charge in [-0.05, 0) is 53.8 Å². The van der Waals surface area contributed by atoms with Crippen molar-refractivity contribution >= 4 is 16.8 Å². The van der Waals surface area contributed by atoms with Crippen molar-refractivity contribution in [3.8, 4) is 11.1 Å². The van der Waals surface area contributed by atoms with E-state index in [1.54, 1.807) is 18.2 Å². The summed E-state index contributed by atoms with van der Waals surface area (Å²) in [5.74, 6) is -0.127. The van der Waals surface area contributed by atoms with Gasteiger partial charge in [-0.25, -0.2) is 4.39 Å². The molecule has 0 heterocycles. The topological polar surface area (TPSA) is 52.2 Å². The molecule has 0 aliphatic heterocycles. The van der Waals surface area contributed by atoms with Crippen LogP contribution in [-0.2, 0) is 16.7 Å². The van der Waals surface area contributed by atoms with Gasteiger partial charge in [0, 0.05) is 5.69 Å². The molecule has 3 nitrogen and oxygen atoms in total. The second kappa shape index (κ2) is 6.37. The van der Waals surface area contributed by atoms with Crippen LogP contribution < -0.4 is 5.32 Å². The van der Waals surface area contributed by atoms with E-state index in [0.29, 0.717) is 5.56 Å². The van der Waals surface area contributed by atoms with Crippen molar-refractivity contribution in [2.24, 2.45) is 0 Å². The van der Waals surface area contributed by atoms with Gasteiger partial charge in [-0.1, -0.05) is 36.4 Å². The van der Waals surface area contributed by atoms with Gasteiger partial charge in [-0.15, -0.1) is 0 Å². The number of benzene rings is 2. The summed E-state index contributed by atoms with van der Waals surface area (Å²) < 4.78 is 34.9. The van der Waals surface area contributed by atoms with Gasteiger partial charge in [0.1, 0.15) is 5.67 Å². The molecule has 2 aromatic rings. The zero-order valence-corrected chi connectivity index (χ0v) is 12.7. The lowest BCUT2D eigenvalue weighted by Gasteiger charge is -2.15. The van der Waals surface area contributed by atoms with Crippen LogP contribution in [0.5, 0.6) is 0 Å². The first-order chi connectivity index (χ1) is 9.86. The molecule has 0 saturated carbocycles. The summed E-state index contributed by atoms with van der Waals surface area (Å²) in [5.41, 5.74) is 1.89. The van der Waals surface area contributed by atoms with Gasteiger partial charge in [0.2, 0.25) is 0 Å². The van der Waals surface area contributed by atoms with Crippen molar-refractivity contribution in [2.45, 2.75) is 19.5 Å². The molecule has 0 aliphatic rings. The van der Waals surface area contributed by atoms with Gasteiger partial charge < -0.3 is 9.87 Å². The molecule has 0 amide bonds. The fraction of sp³-hybridized carbons (Fsp3) is 0.250. The molecular weight excluding hydrogens is 289 g/mol. The molecular formula is C16H17FNO2S-. The highest BCUT2D eigenvalue weighted by atomic mass is 32.2. The maximum Gasteiger partial charge on any atom is 0.130 e.